The van der Waals surface area contributed by atoms with Crippen molar-refractivity contribution in [3.8, 4) is 0 Å². The zero-order valence-corrected chi connectivity index (χ0v) is 11.4. The molecule has 1 N–H and O–H groups in total. The van der Waals surface area contributed by atoms with E-state index >= 15 is 0 Å². The monoisotopic (exact) mass is 259 g/mol. The number of carbonyl (C=O) groups is 1. The summed E-state index contributed by atoms with van der Waals surface area (Å²) in [4.78, 5) is 14.0. The summed E-state index contributed by atoms with van der Waals surface area (Å²) in [7, 11) is 0. The third-order valence-corrected chi connectivity index (χ3v) is 4.57. The first kappa shape index (κ1) is 12.7. The summed E-state index contributed by atoms with van der Waals surface area (Å²) in [5.74, 6) is 0.0170. The zero-order chi connectivity index (χ0) is 13.4. The van der Waals surface area contributed by atoms with E-state index in [2.05, 4.69) is 17.9 Å². The SMILES string of the molecule is CCC(C1CC1)N1CCc2ccccc2C1C(=O)O. The average Bonchev–Trinajstić information content (AvgIpc) is 3.23. The molecular weight excluding hydrogens is 238 g/mol. The second kappa shape index (κ2) is 4.97. The molecule has 1 saturated carbocycles. The Labute approximate surface area is 114 Å². The normalized spacial score (nSPS) is 24.8. The number of benzene rings is 1. The van der Waals surface area contributed by atoms with Gasteiger partial charge in [0.2, 0.25) is 0 Å². The summed E-state index contributed by atoms with van der Waals surface area (Å²) in [6, 6.07) is 8.01. The van der Waals surface area contributed by atoms with E-state index in [-0.39, 0.29) is 0 Å². The van der Waals surface area contributed by atoms with Crippen molar-refractivity contribution in [1.82, 2.24) is 4.90 Å². The van der Waals surface area contributed by atoms with Crippen molar-refractivity contribution < 1.29 is 9.90 Å². The third-order valence-electron chi connectivity index (χ3n) is 4.57. The first-order chi connectivity index (χ1) is 9.22. The van der Waals surface area contributed by atoms with Crippen molar-refractivity contribution >= 4 is 5.97 Å². The van der Waals surface area contributed by atoms with Gasteiger partial charge in [-0.3, -0.25) is 9.69 Å². The second-order valence-corrected chi connectivity index (χ2v) is 5.74. The highest BCUT2D eigenvalue weighted by Crippen LogP contribution is 2.41. The zero-order valence-electron chi connectivity index (χ0n) is 11.4. The van der Waals surface area contributed by atoms with Crippen molar-refractivity contribution in [2.24, 2.45) is 5.92 Å². The summed E-state index contributed by atoms with van der Waals surface area (Å²) in [5.41, 5.74) is 2.21. The van der Waals surface area contributed by atoms with E-state index in [0.717, 1.165) is 30.9 Å². The Morgan fingerprint density at radius 3 is 2.79 bits per heavy atom. The fraction of sp³-hybridized carbons (Fsp3) is 0.562. The number of carboxylic acid groups (broad SMARTS) is 1. The van der Waals surface area contributed by atoms with E-state index in [4.69, 9.17) is 0 Å². The fourth-order valence-electron chi connectivity index (χ4n) is 3.54. The van der Waals surface area contributed by atoms with E-state index in [0.29, 0.717) is 6.04 Å². The maximum absolute atomic E-state index is 11.7. The highest BCUT2D eigenvalue weighted by Gasteiger charge is 2.41. The third kappa shape index (κ3) is 2.27. The molecular formula is C16H21NO2. The summed E-state index contributed by atoms with van der Waals surface area (Å²) in [6.45, 7) is 3.06. The molecule has 1 aliphatic carbocycles. The molecule has 3 nitrogen and oxygen atoms in total. The molecule has 2 atom stereocenters. The predicted octanol–water partition coefficient (Wildman–Crippen LogP) is 2.86. The van der Waals surface area contributed by atoms with Crippen LogP contribution in [-0.2, 0) is 11.2 Å². The Bertz CT molecular complexity index is 481. The minimum absolute atomic E-state index is 0.439. The molecule has 1 aromatic carbocycles. The highest BCUT2D eigenvalue weighted by atomic mass is 16.4. The summed E-state index contributed by atoms with van der Waals surface area (Å²) in [6.07, 6.45) is 4.56. The van der Waals surface area contributed by atoms with Crippen LogP contribution in [0.15, 0.2) is 24.3 Å². The Balaban J connectivity index is 1.95. The van der Waals surface area contributed by atoms with Gasteiger partial charge >= 0.3 is 5.97 Å². The van der Waals surface area contributed by atoms with Crippen LogP contribution in [0.1, 0.15) is 43.4 Å². The van der Waals surface area contributed by atoms with Crippen LogP contribution in [0, 0.1) is 5.92 Å². The van der Waals surface area contributed by atoms with Gasteiger partial charge in [-0.15, -0.1) is 0 Å². The standard InChI is InChI=1S/C16H21NO2/c1-2-14(12-7-8-12)17-10-9-11-5-3-4-6-13(11)15(17)16(18)19/h3-6,12,14-15H,2,7-10H2,1H3,(H,18,19). The average molecular weight is 259 g/mol. The van der Waals surface area contributed by atoms with Gasteiger partial charge in [0.15, 0.2) is 0 Å². The predicted molar refractivity (Wildman–Crippen MR) is 74.0 cm³/mol. The van der Waals surface area contributed by atoms with Crippen LogP contribution in [0.2, 0.25) is 0 Å². The van der Waals surface area contributed by atoms with Crippen LogP contribution in [-0.4, -0.2) is 28.6 Å². The Morgan fingerprint density at radius 1 is 1.42 bits per heavy atom. The molecule has 0 saturated heterocycles. The maximum Gasteiger partial charge on any atom is 0.325 e. The lowest BCUT2D eigenvalue weighted by Crippen LogP contribution is -2.46. The number of carboxylic acids is 1. The van der Waals surface area contributed by atoms with E-state index in [9.17, 15) is 9.90 Å². The van der Waals surface area contributed by atoms with Gasteiger partial charge in [-0.05, 0) is 42.7 Å². The number of nitrogens with zero attached hydrogens (tertiary/aromatic N) is 1. The molecule has 1 aliphatic heterocycles. The largest absolute Gasteiger partial charge is 0.480 e. The van der Waals surface area contributed by atoms with E-state index in [1.54, 1.807) is 0 Å². The first-order valence-electron chi connectivity index (χ1n) is 7.28. The molecule has 1 fully saturated rings. The van der Waals surface area contributed by atoms with Gasteiger partial charge in [0, 0.05) is 12.6 Å². The van der Waals surface area contributed by atoms with Gasteiger partial charge in [-0.1, -0.05) is 31.2 Å². The molecule has 102 valence electrons. The van der Waals surface area contributed by atoms with Crippen LogP contribution in [0.4, 0.5) is 0 Å². The van der Waals surface area contributed by atoms with Crippen molar-refractivity contribution in [2.45, 2.75) is 44.7 Å². The fourth-order valence-corrected chi connectivity index (χ4v) is 3.54. The lowest BCUT2D eigenvalue weighted by Gasteiger charge is -2.40. The molecule has 3 heteroatoms. The molecule has 0 aromatic heterocycles. The molecule has 2 aliphatic rings. The minimum atomic E-state index is -0.703. The lowest BCUT2D eigenvalue weighted by molar-refractivity contribution is -0.145. The first-order valence-corrected chi connectivity index (χ1v) is 7.28. The molecule has 3 rings (SSSR count). The molecule has 1 aromatic rings. The lowest BCUT2D eigenvalue weighted by atomic mass is 9.90. The van der Waals surface area contributed by atoms with Gasteiger partial charge < -0.3 is 5.11 Å². The van der Waals surface area contributed by atoms with E-state index in [1.165, 1.54) is 18.4 Å². The Hall–Kier alpha value is -1.35. The molecule has 2 unspecified atom stereocenters. The minimum Gasteiger partial charge on any atom is -0.480 e. The number of fused-ring (bicyclic) bond motifs is 1. The van der Waals surface area contributed by atoms with Crippen molar-refractivity contribution in [1.29, 1.82) is 0 Å². The van der Waals surface area contributed by atoms with Crippen molar-refractivity contribution in [3.05, 3.63) is 35.4 Å². The highest BCUT2D eigenvalue weighted by molar-refractivity contribution is 5.76. The van der Waals surface area contributed by atoms with Gasteiger partial charge in [0.25, 0.3) is 0 Å². The summed E-state index contributed by atoms with van der Waals surface area (Å²) < 4.78 is 0. The van der Waals surface area contributed by atoms with E-state index in [1.807, 2.05) is 18.2 Å². The Morgan fingerprint density at radius 2 is 2.16 bits per heavy atom. The van der Waals surface area contributed by atoms with Crippen LogP contribution in [0.25, 0.3) is 0 Å². The van der Waals surface area contributed by atoms with Crippen LogP contribution < -0.4 is 0 Å². The Kier molecular flexibility index (Phi) is 3.31. The van der Waals surface area contributed by atoms with Crippen LogP contribution >= 0.6 is 0 Å². The van der Waals surface area contributed by atoms with Crippen LogP contribution in [0.3, 0.4) is 0 Å². The molecule has 0 radical (unpaired) electrons. The molecule has 0 amide bonds. The van der Waals surface area contributed by atoms with Gasteiger partial charge in [-0.25, -0.2) is 0 Å². The van der Waals surface area contributed by atoms with Gasteiger partial charge in [0.1, 0.15) is 6.04 Å². The van der Waals surface area contributed by atoms with Crippen LogP contribution in [0.5, 0.6) is 0 Å². The summed E-state index contributed by atoms with van der Waals surface area (Å²) in [5, 5.41) is 9.66. The van der Waals surface area contributed by atoms with Crippen molar-refractivity contribution in [3.63, 3.8) is 0 Å². The van der Waals surface area contributed by atoms with E-state index < -0.39 is 12.0 Å². The number of aliphatic carboxylic acids is 1. The molecule has 19 heavy (non-hydrogen) atoms. The molecule has 0 spiro atoms. The van der Waals surface area contributed by atoms with Gasteiger partial charge in [0.05, 0.1) is 0 Å². The smallest absolute Gasteiger partial charge is 0.325 e. The number of hydrogen-bond donors (Lipinski definition) is 1. The number of hydrogen-bond acceptors (Lipinski definition) is 2. The van der Waals surface area contributed by atoms with Gasteiger partial charge in [-0.2, -0.15) is 0 Å². The number of rotatable bonds is 4. The second-order valence-electron chi connectivity index (χ2n) is 5.74. The summed E-state index contributed by atoms with van der Waals surface area (Å²) >= 11 is 0. The topological polar surface area (TPSA) is 40.5 Å². The van der Waals surface area contributed by atoms with Crippen molar-refractivity contribution in [2.75, 3.05) is 6.54 Å². The maximum atomic E-state index is 11.7. The quantitative estimate of drug-likeness (QED) is 0.904. The molecule has 0 bridgehead atoms. The molecule has 1 heterocycles.